The maximum absolute atomic E-state index is 7.44. The number of benzene rings is 2. The summed E-state index contributed by atoms with van der Waals surface area (Å²) in [6, 6.07) is 17.6. The van der Waals surface area contributed by atoms with Gasteiger partial charge in [0.2, 0.25) is 0 Å². The van der Waals surface area contributed by atoms with Crippen molar-refractivity contribution < 1.29 is 6.11 Å². The van der Waals surface area contributed by atoms with Crippen LogP contribution >= 0.6 is 0 Å². The van der Waals surface area contributed by atoms with Crippen LogP contribution in [0.4, 0.5) is 0 Å². The van der Waals surface area contributed by atoms with Crippen molar-refractivity contribution in [2.24, 2.45) is 0 Å². The molecule has 0 unspecified atom stereocenters. The fraction of sp³-hybridized carbons (Fsp3) is 0.0769. The molecular formula is C13H12O. The molecule has 0 aliphatic rings. The van der Waals surface area contributed by atoms with Gasteiger partial charge in [-0.2, -0.15) is 0 Å². The normalized spacial score (nSPS) is 10.7. The van der Waals surface area contributed by atoms with E-state index in [0.29, 0.717) is 12.6 Å². The van der Waals surface area contributed by atoms with Crippen LogP contribution in [0.3, 0.4) is 0 Å². The van der Waals surface area contributed by atoms with Crippen LogP contribution in [0.25, 0.3) is 0 Å². The Kier molecular flexibility index (Phi) is 2.43. The molecule has 0 bridgehead atoms. The van der Waals surface area contributed by atoms with Gasteiger partial charge in [-0.3, -0.25) is 0 Å². The van der Waals surface area contributed by atoms with Crippen LogP contribution in [0, 0.1) is 0 Å². The van der Waals surface area contributed by atoms with Crippen LogP contribution in [0.5, 0.6) is 5.75 Å². The second kappa shape index (κ2) is 4.47. The monoisotopic (exact) mass is 185 g/mol. The van der Waals surface area contributed by atoms with Gasteiger partial charge in [-0.1, -0.05) is 48.5 Å². The zero-order chi connectivity index (χ0) is 10.5. The summed E-state index contributed by atoms with van der Waals surface area (Å²) in [6.45, 7) is 0.546. The molecule has 0 aliphatic heterocycles. The Morgan fingerprint density at radius 1 is 0.929 bits per heavy atom. The molecular weight excluding hydrogens is 172 g/mol. The van der Waals surface area contributed by atoms with Gasteiger partial charge in [-0.05, 0) is 17.7 Å². The number of para-hydroxylation sites is 1. The summed E-state index contributed by atoms with van der Waals surface area (Å²) in [6.07, 6.45) is 0. The van der Waals surface area contributed by atoms with Gasteiger partial charge < -0.3 is 4.74 Å². The first kappa shape index (κ1) is 7.63. The van der Waals surface area contributed by atoms with E-state index >= 15 is 0 Å². The topological polar surface area (TPSA) is 9.23 Å². The lowest BCUT2D eigenvalue weighted by Crippen LogP contribution is -1.94. The van der Waals surface area contributed by atoms with Crippen molar-refractivity contribution in [1.82, 2.24) is 0 Å². The van der Waals surface area contributed by atoms with E-state index in [9.17, 15) is 0 Å². The van der Waals surface area contributed by atoms with Crippen molar-refractivity contribution in [3.05, 3.63) is 66.2 Å². The van der Waals surface area contributed by atoms with Crippen LogP contribution in [-0.2, 0) is 6.61 Å². The van der Waals surface area contributed by atoms with Gasteiger partial charge in [0.15, 0.2) is 0 Å². The fourth-order valence-corrected chi connectivity index (χ4v) is 1.21. The third-order valence-electron chi connectivity index (χ3n) is 1.93. The van der Waals surface area contributed by atoms with Crippen molar-refractivity contribution in [2.45, 2.75) is 6.61 Å². The SMILES string of the molecule is [2H]c1cccc(OCc2ccccc2)c1. The minimum absolute atomic E-state index is 0.473. The summed E-state index contributed by atoms with van der Waals surface area (Å²) in [5.74, 6) is 0.742. The number of hydrogen-bond acceptors (Lipinski definition) is 1. The van der Waals surface area contributed by atoms with Gasteiger partial charge >= 0.3 is 0 Å². The van der Waals surface area contributed by atoms with E-state index in [1.165, 1.54) is 0 Å². The molecule has 0 atom stereocenters. The van der Waals surface area contributed by atoms with Gasteiger partial charge in [0.05, 0.1) is 1.37 Å². The Hall–Kier alpha value is -1.76. The second-order valence-corrected chi connectivity index (χ2v) is 3.01. The lowest BCUT2D eigenvalue weighted by atomic mass is 10.2. The zero-order valence-electron chi connectivity index (χ0n) is 8.81. The second-order valence-electron chi connectivity index (χ2n) is 3.01. The van der Waals surface area contributed by atoms with E-state index < -0.39 is 0 Å². The molecule has 0 aliphatic carbocycles. The molecule has 1 heteroatoms. The van der Waals surface area contributed by atoms with Gasteiger partial charge in [0.25, 0.3) is 0 Å². The average Bonchev–Trinajstić information content (AvgIpc) is 2.28. The van der Waals surface area contributed by atoms with Crippen LogP contribution in [0.15, 0.2) is 60.6 Å². The molecule has 0 saturated heterocycles. The summed E-state index contributed by atoms with van der Waals surface area (Å²) < 4.78 is 13.0. The lowest BCUT2D eigenvalue weighted by Gasteiger charge is -2.05. The molecule has 2 rings (SSSR count). The standard InChI is InChI=1S/C13H12O/c1-3-7-12(8-4-1)11-14-13-9-5-2-6-10-13/h1-10H,11H2/i5D. The highest BCUT2D eigenvalue weighted by Gasteiger charge is 1.92. The van der Waals surface area contributed by atoms with E-state index in [1.54, 1.807) is 12.1 Å². The molecule has 0 N–H and O–H groups in total. The Bertz CT molecular complexity index is 426. The highest BCUT2D eigenvalue weighted by atomic mass is 16.5. The summed E-state index contributed by atoms with van der Waals surface area (Å²) >= 11 is 0. The Labute approximate surface area is 85.4 Å². The van der Waals surface area contributed by atoms with Crippen molar-refractivity contribution >= 4 is 0 Å². The first-order chi connectivity index (χ1) is 7.34. The van der Waals surface area contributed by atoms with Gasteiger partial charge in [0.1, 0.15) is 12.4 Å². The molecule has 0 fully saturated rings. The van der Waals surface area contributed by atoms with Gasteiger partial charge in [0, 0.05) is 0 Å². The van der Waals surface area contributed by atoms with E-state index in [1.807, 2.05) is 42.5 Å². The molecule has 0 spiro atoms. The number of ether oxygens (including phenoxy) is 1. The minimum atomic E-state index is 0.473. The van der Waals surface area contributed by atoms with Crippen molar-refractivity contribution in [3.63, 3.8) is 0 Å². The summed E-state index contributed by atoms with van der Waals surface area (Å²) in [4.78, 5) is 0. The highest BCUT2D eigenvalue weighted by molar-refractivity contribution is 5.22. The third kappa shape index (κ3) is 2.36. The Morgan fingerprint density at radius 2 is 1.71 bits per heavy atom. The van der Waals surface area contributed by atoms with Crippen molar-refractivity contribution in [3.8, 4) is 5.75 Å². The minimum Gasteiger partial charge on any atom is -0.489 e. The van der Waals surface area contributed by atoms with E-state index in [2.05, 4.69) is 0 Å². The first-order valence-electron chi connectivity index (χ1n) is 5.08. The summed E-state index contributed by atoms with van der Waals surface area (Å²) in [7, 11) is 0. The zero-order valence-corrected chi connectivity index (χ0v) is 7.81. The lowest BCUT2D eigenvalue weighted by molar-refractivity contribution is 0.306. The fourth-order valence-electron chi connectivity index (χ4n) is 1.21. The predicted octanol–water partition coefficient (Wildman–Crippen LogP) is 3.27. The molecule has 0 amide bonds. The average molecular weight is 185 g/mol. The Morgan fingerprint density at radius 3 is 2.50 bits per heavy atom. The van der Waals surface area contributed by atoms with Crippen LogP contribution in [0.1, 0.15) is 6.93 Å². The quantitative estimate of drug-likeness (QED) is 0.713. The van der Waals surface area contributed by atoms with Crippen molar-refractivity contribution in [1.29, 1.82) is 0 Å². The van der Waals surface area contributed by atoms with Crippen LogP contribution in [-0.4, -0.2) is 0 Å². The number of rotatable bonds is 3. The molecule has 2 aromatic carbocycles. The molecule has 0 aromatic heterocycles. The largest absolute Gasteiger partial charge is 0.489 e. The number of hydrogen-bond donors (Lipinski definition) is 0. The maximum Gasteiger partial charge on any atom is 0.119 e. The molecule has 14 heavy (non-hydrogen) atoms. The molecule has 1 nitrogen and oxygen atoms in total. The summed E-state index contributed by atoms with van der Waals surface area (Å²) in [5.41, 5.74) is 1.13. The molecule has 0 radical (unpaired) electrons. The molecule has 2 aromatic rings. The molecule has 0 saturated carbocycles. The van der Waals surface area contributed by atoms with E-state index in [-0.39, 0.29) is 0 Å². The molecule has 0 heterocycles. The Balaban J connectivity index is 1.99. The first-order valence-corrected chi connectivity index (χ1v) is 4.58. The molecule has 70 valence electrons. The van der Waals surface area contributed by atoms with Gasteiger partial charge in [-0.15, -0.1) is 0 Å². The summed E-state index contributed by atoms with van der Waals surface area (Å²) in [5, 5.41) is 0. The van der Waals surface area contributed by atoms with Gasteiger partial charge in [-0.25, -0.2) is 0 Å². The van der Waals surface area contributed by atoms with Crippen molar-refractivity contribution in [2.75, 3.05) is 0 Å². The van der Waals surface area contributed by atoms with Crippen LogP contribution < -0.4 is 4.74 Å². The van der Waals surface area contributed by atoms with E-state index in [0.717, 1.165) is 11.3 Å². The highest BCUT2D eigenvalue weighted by Crippen LogP contribution is 2.10. The smallest absolute Gasteiger partial charge is 0.119 e. The third-order valence-corrected chi connectivity index (χ3v) is 1.93. The van der Waals surface area contributed by atoms with Crippen LogP contribution in [0.2, 0.25) is 0 Å². The van der Waals surface area contributed by atoms with E-state index in [4.69, 9.17) is 6.11 Å². The predicted molar refractivity (Wildman–Crippen MR) is 57.2 cm³/mol. The maximum atomic E-state index is 7.44.